The lowest BCUT2D eigenvalue weighted by atomic mass is 10.00. The molecule has 0 spiro atoms. The van der Waals surface area contributed by atoms with Crippen LogP contribution in [0.5, 0.6) is 0 Å². The predicted octanol–water partition coefficient (Wildman–Crippen LogP) is 3.58. The average Bonchev–Trinajstić information content (AvgIpc) is 2.28. The van der Waals surface area contributed by atoms with Crippen molar-refractivity contribution in [1.29, 1.82) is 0 Å². The Morgan fingerprint density at radius 2 is 1.78 bits per heavy atom. The SMILES string of the molecule is Cc1cc(C)c(Cn2cccc(Br)c2=O)c(C)c1. The molecule has 2 rings (SSSR count). The number of rotatable bonds is 2. The van der Waals surface area contributed by atoms with Crippen LogP contribution in [-0.2, 0) is 6.54 Å². The summed E-state index contributed by atoms with van der Waals surface area (Å²) in [6.07, 6.45) is 1.83. The number of pyridine rings is 1. The Hall–Kier alpha value is -1.35. The quantitative estimate of drug-likeness (QED) is 0.831. The summed E-state index contributed by atoms with van der Waals surface area (Å²) in [7, 11) is 0. The molecule has 0 unspecified atom stereocenters. The third-order valence-corrected chi connectivity index (χ3v) is 3.75. The van der Waals surface area contributed by atoms with Gasteiger partial charge in [0.05, 0.1) is 11.0 Å². The number of hydrogen-bond acceptors (Lipinski definition) is 1. The zero-order chi connectivity index (χ0) is 13.3. The van der Waals surface area contributed by atoms with Gasteiger partial charge < -0.3 is 4.57 Å². The minimum atomic E-state index is 0.0110. The van der Waals surface area contributed by atoms with Crippen molar-refractivity contribution in [3.05, 3.63) is 67.5 Å². The molecule has 0 saturated carbocycles. The van der Waals surface area contributed by atoms with Crippen molar-refractivity contribution in [2.24, 2.45) is 0 Å². The van der Waals surface area contributed by atoms with Gasteiger partial charge in [0, 0.05) is 6.20 Å². The molecule has 3 heteroatoms. The van der Waals surface area contributed by atoms with Crippen LogP contribution in [0.4, 0.5) is 0 Å². The minimum absolute atomic E-state index is 0.0110. The predicted molar refractivity (Wildman–Crippen MR) is 78.2 cm³/mol. The van der Waals surface area contributed by atoms with Crippen LogP contribution in [0.3, 0.4) is 0 Å². The van der Waals surface area contributed by atoms with Gasteiger partial charge in [0.25, 0.3) is 5.56 Å². The topological polar surface area (TPSA) is 22.0 Å². The Kier molecular flexibility index (Phi) is 3.71. The molecule has 0 atom stereocenters. The average molecular weight is 306 g/mol. The van der Waals surface area contributed by atoms with E-state index in [4.69, 9.17) is 0 Å². The normalized spacial score (nSPS) is 10.7. The van der Waals surface area contributed by atoms with Crippen LogP contribution >= 0.6 is 15.9 Å². The molecule has 0 saturated heterocycles. The van der Waals surface area contributed by atoms with E-state index >= 15 is 0 Å². The Morgan fingerprint density at radius 1 is 1.17 bits per heavy atom. The zero-order valence-electron chi connectivity index (χ0n) is 10.8. The Bertz CT molecular complexity index is 620. The summed E-state index contributed by atoms with van der Waals surface area (Å²) in [5.41, 5.74) is 4.96. The molecule has 0 aliphatic carbocycles. The summed E-state index contributed by atoms with van der Waals surface area (Å²) in [5, 5.41) is 0. The molecular formula is C15H16BrNO. The number of nitrogens with zero attached hydrogens (tertiary/aromatic N) is 1. The lowest BCUT2D eigenvalue weighted by Crippen LogP contribution is -2.21. The summed E-state index contributed by atoms with van der Waals surface area (Å²) >= 11 is 3.27. The van der Waals surface area contributed by atoms with Gasteiger partial charge >= 0.3 is 0 Å². The lowest BCUT2D eigenvalue weighted by Gasteiger charge is -2.13. The summed E-state index contributed by atoms with van der Waals surface area (Å²) in [6.45, 7) is 6.90. The Morgan fingerprint density at radius 3 is 2.39 bits per heavy atom. The van der Waals surface area contributed by atoms with E-state index in [1.165, 1.54) is 22.3 Å². The van der Waals surface area contributed by atoms with Gasteiger partial charge in [-0.05, 0) is 65.5 Å². The Balaban J connectivity index is 2.47. The summed E-state index contributed by atoms with van der Waals surface area (Å²) in [4.78, 5) is 12.0. The lowest BCUT2D eigenvalue weighted by molar-refractivity contribution is 0.746. The van der Waals surface area contributed by atoms with Gasteiger partial charge in [-0.25, -0.2) is 0 Å². The number of aromatic nitrogens is 1. The second-order valence-corrected chi connectivity index (χ2v) is 5.52. The van der Waals surface area contributed by atoms with E-state index in [1.807, 2.05) is 12.3 Å². The first kappa shape index (κ1) is 13.1. The van der Waals surface area contributed by atoms with Crippen molar-refractivity contribution >= 4 is 15.9 Å². The fraction of sp³-hybridized carbons (Fsp3) is 0.267. The van der Waals surface area contributed by atoms with Crippen LogP contribution in [0.1, 0.15) is 22.3 Å². The first-order valence-electron chi connectivity index (χ1n) is 5.90. The van der Waals surface area contributed by atoms with Gasteiger partial charge in [-0.3, -0.25) is 4.79 Å². The fourth-order valence-electron chi connectivity index (χ4n) is 2.26. The van der Waals surface area contributed by atoms with Crippen LogP contribution in [0.15, 0.2) is 39.7 Å². The molecule has 0 aliphatic rings. The van der Waals surface area contributed by atoms with Gasteiger partial charge in [-0.2, -0.15) is 0 Å². The van der Waals surface area contributed by atoms with Crippen molar-refractivity contribution in [2.75, 3.05) is 0 Å². The maximum absolute atomic E-state index is 12.0. The third-order valence-electron chi connectivity index (χ3n) is 3.14. The minimum Gasteiger partial charge on any atom is -0.310 e. The van der Waals surface area contributed by atoms with Crippen molar-refractivity contribution in [3.63, 3.8) is 0 Å². The van der Waals surface area contributed by atoms with E-state index < -0.39 is 0 Å². The highest BCUT2D eigenvalue weighted by molar-refractivity contribution is 9.10. The van der Waals surface area contributed by atoms with Crippen LogP contribution < -0.4 is 5.56 Å². The molecule has 1 aromatic heterocycles. The highest BCUT2D eigenvalue weighted by Crippen LogP contribution is 2.17. The van der Waals surface area contributed by atoms with Crippen LogP contribution in [0.2, 0.25) is 0 Å². The van der Waals surface area contributed by atoms with Crippen molar-refractivity contribution in [3.8, 4) is 0 Å². The van der Waals surface area contributed by atoms with Crippen LogP contribution in [0, 0.1) is 20.8 Å². The van der Waals surface area contributed by atoms with E-state index in [0.717, 1.165) is 0 Å². The van der Waals surface area contributed by atoms with Crippen LogP contribution in [-0.4, -0.2) is 4.57 Å². The van der Waals surface area contributed by atoms with Gasteiger partial charge in [0.2, 0.25) is 0 Å². The summed E-state index contributed by atoms with van der Waals surface area (Å²) in [6, 6.07) is 7.97. The smallest absolute Gasteiger partial charge is 0.265 e. The van der Waals surface area contributed by atoms with Crippen molar-refractivity contribution in [1.82, 2.24) is 4.57 Å². The fourth-order valence-corrected chi connectivity index (χ4v) is 2.64. The molecule has 0 fully saturated rings. The number of halogens is 1. The van der Waals surface area contributed by atoms with Crippen LogP contribution in [0.25, 0.3) is 0 Å². The molecule has 1 heterocycles. The maximum Gasteiger partial charge on any atom is 0.265 e. The number of benzene rings is 1. The molecule has 1 aromatic carbocycles. The maximum atomic E-state index is 12.0. The standard InChI is InChI=1S/C15H16BrNO/c1-10-7-11(2)13(12(3)8-10)9-17-6-4-5-14(16)15(17)18/h4-8H,9H2,1-3H3. The number of aryl methyl sites for hydroxylation is 3. The van der Waals surface area contributed by atoms with Gasteiger partial charge in [0.1, 0.15) is 0 Å². The van der Waals surface area contributed by atoms with E-state index in [2.05, 4.69) is 48.8 Å². The molecule has 2 aromatic rings. The number of hydrogen-bond donors (Lipinski definition) is 0. The van der Waals surface area contributed by atoms with E-state index in [9.17, 15) is 4.79 Å². The molecule has 0 N–H and O–H groups in total. The molecule has 0 bridgehead atoms. The molecule has 0 amide bonds. The molecule has 0 radical (unpaired) electrons. The van der Waals surface area contributed by atoms with Gasteiger partial charge in [0.15, 0.2) is 0 Å². The highest BCUT2D eigenvalue weighted by Gasteiger charge is 2.06. The van der Waals surface area contributed by atoms with Gasteiger partial charge in [-0.15, -0.1) is 0 Å². The molecular weight excluding hydrogens is 290 g/mol. The molecule has 0 aliphatic heterocycles. The van der Waals surface area contributed by atoms with Crippen molar-refractivity contribution in [2.45, 2.75) is 27.3 Å². The van der Waals surface area contributed by atoms with E-state index in [1.54, 1.807) is 10.6 Å². The summed E-state index contributed by atoms with van der Waals surface area (Å²) in [5.74, 6) is 0. The first-order chi connectivity index (χ1) is 8.49. The largest absolute Gasteiger partial charge is 0.310 e. The van der Waals surface area contributed by atoms with E-state index in [0.29, 0.717) is 11.0 Å². The first-order valence-corrected chi connectivity index (χ1v) is 6.70. The van der Waals surface area contributed by atoms with E-state index in [-0.39, 0.29) is 5.56 Å². The van der Waals surface area contributed by atoms with Gasteiger partial charge in [-0.1, -0.05) is 17.7 Å². The molecule has 2 nitrogen and oxygen atoms in total. The zero-order valence-corrected chi connectivity index (χ0v) is 12.4. The third kappa shape index (κ3) is 2.56. The highest BCUT2D eigenvalue weighted by atomic mass is 79.9. The Labute approximate surface area is 115 Å². The molecule has 94 valence electrons. The molecule has 18 heavy (non-hydrogen) atoms. The summed E-state index contributed by atoms with van der Waals surface area (Å²) < 4.78 is 2.33. The second-order valence-electron chi connectivity index (χ2n) is 4.67. The monoisotopic (exact) mass is 305 g/mol. The van der Waals surface area contributed by atoms with Crippen molar-refractivity contribution < 1.29 is 0 Å². The second kappa shape index (κ2) is 5.11.